The van der Waals surface area contributed by atoms with Crippen LogP contribution in [0.1, 0.15) is 16.7 Å². The highest BCUT2D eigenvalue weighted by Gasteiger charge is 2.50. The molecule has 43 heavy (non-hydrogen) atoms. The number of rotatable bonds is 9. The number of hydrazine groups is 1. The first-order chi connectivity index (χ1) is 20.7. The standard InChI is InChI=1S/C31H33F2N5O5/c1-35-19-29(40)37-27(16-21-6-12-26(39)13-7-21)30(41)36(14-15-43-20-23-4-10-25(33)11-5-23)18-28(37)38(35)31(42)34-17-22-2-8-24(32)9-3-22/h2-13,27-28,39H,14-20H2,1H3,(H,34,42)/t27-,28?/m0/s1. The lowest BCUT2D eigenvalue weighted by Gasteiger charge is -2.54. The third-order valence-corrected chi connectivity index (χ3v) is 7.56. The van der Waals surface area contributed by atoms with Gasteiger partial charge in [-0.1, -0.05) is 36.4 Å². The Labute approximate surface area is 248 Å². The average molecular weight is 594 g/mol. The number of nitrogens with one attached hydrogen (secondary N) is 1. The highest BCUT2D eigenvalue weighted by atomic mass is 19.1. The lowest BCUT2D eigenvalue weighted by molar-refractivity contribution is -0.187. The van der Waals surface area contributed by atoms with Crippen molar-refractivity contribution in [1.82, 2.24) is 25.1 Å². The smallest absolute Gasteiger partial charge is 0.334 e. The first-order valence-corrected chi connectivity index (χ1v) is 13.9. The lowest BCUT2D eigenvalue weighted by atomic mass is 9.98. The molecule has 10 nitrogen and oxygen atoms in total. The maximum atomic E-state index is 13.8. The number of hydrogen-bond acceptors (Lipinski definition) is 6. The van der Waals surface area contributed by atoms with Crippen LogP contribution in [0.4, 0.5) is 13.6 Å². The van der Waals surface area contributed by atoms with Gasteiger partial charge in [-0.25, -0.2) is 23.6 Å². The molecule has 12 heteroatoms. The number of amides is 4. The topological polar surface area (TPSA) is 106 Å². The van der Waals surface area contributed by atoms with Crippen molar-refractivity contribution in [3.8, 4) is 5.75 Å². The van der Waals surface area contributed by atoms with E-state index in [2.05, 4.69) is 5.32 Å². The van der Waals surface area contributed by atoms with Crippen molar-refractivity contribution in [3.63, 3.8) is 0 Å². The Hall–Kier alpha value is -4.55. The average Bonchev–Trinajstić information content (AvgIpc) is 2.98. The monoisotopic (exact) mass is 593 g/mol. The van der Waals surface area contributed by atoms with Crippen LogP contribution in [0.25, 0.3) is 0 Å². The predicted octanol–water partition coefficient (Wildman–Crippen LogP) is 2.87. The Bertz CT molecular complexity index is 1440. The Kier molecular flexibility index (Phi) is 9.17. The summed E-state index contributed by atoms with van der Waals surface area (Å²) in [5, 5.41) is 15.5. The van der Waals surface area contributed by atoms with Crippen LogP contribution in [0.15, 0.2) is 72.8 Å². The number of ether oxygens (including phenoxy) is 1. The van der Waals surface area contributed by atoms with Gasteiger partial charge in [-0.15, -0.1) is 0 Å². The van der Waals surface area contributed by atoms with Gasteiger partial charge in [-0.2, -0.15) is 0 Å². The Morgan fingerprint density at radius 2 is 1.53 bits per heavy atom. The molecule has 0 saturated carbocycles. The van der Waals surface area contributed by atoms with Crippen LogP contribution in [0.3, 0.4) is 0 Å². The predicted molar refractivity (Wildman–Crippen MR) is 152 cm³/mol. The van der Waals surface area contributed by atoms with Crippen molar-refractivity contribution in [2.45, 2.75) is 31.8 Å². The van der Waals surface area contributed by atoms with Crippen LogP contribution in [0.5, 0.6) is 5.75 Å². The van der Waals surface area contributed by atoms with E-state index < -0.39 is 18.2 Å². The summed E-state index contributed by atoms with van der Waals surface area (Å²) in [5.74, 6) is -1.21. The summed E-state index contributed by atoms with van der Waals surface area (Å²) in [4.78, 5) is 43.8. The number of carbonyl (C=O) groups is 3. The molecule has 0 aromatic heterocycles. The number of benzene rings is 3. The first kappa shape index (κ1) is 29.9. The maximum absolute atomic E-state index is 13.8. The van der Waals surface area contributed by atoms with E-state index >= 15 is 0 Å². The van der Waals surface area contributed by atoms with Gasteiger partial charge in [0.1, 0.15) is 29.6 Å². The summed E-state index contributed by atoms with van der Waals surface area (Å²) in [6.45, 7) is 0.710. The summed E-state index contributed by atoms with van der Waals surface area (Å²) >= 11 is 0. The van der Waals surface area contributed by atoms with Gasteiger partial charge >= 0.3 is 6.03 Å². The molecule has 2 saturated heterocycles. The van der Waals surface area contributed by atoms with E-state index in [1.54, 1.807) is 48.3 Å². The summed E-state index contributed by atoms with van der Waals surface area (Å²) in [6.07, 6.45) is -0.611. The molecular weight excluding hydrogens is 560 g/mol. The van der Waals surface area contributed by atoms with E-state index in [-0.39, 0.29) is 75.0 Å². The molecule has 3 aromatic rings. The summed E-state index contributed by atoms with van der Waals surface area (Å²) < 4.78 is 32.3. The number of piperazine rings is 1. The van der Waals surface area contributed by atoms with E-state index in [4.69, 9.17) is 4.74 Å². The molecule has 2 N–H and O–H groups in total. The molecule has 1 unspecified atom stereocenters. The van der Waals surface area contributed by atoms with Crippen LogP contribution < -0.4 is 5.32 Å². The van der Waals surface area contributed by atoms with Crippen molar-refractivity contribution in [2.24, 2.45) is 0 Å². The zero-order chi connectivity index (χ0) is 30.5. The molecule has 0 bridgehead atoms. The van der Waals surface area contributed by atoms with Gasteiger partial charge in [0.05, 0.1) is 26.3 Å². The normalized spacial score (nSPS) is 19.0. The molecule has 5 rings (SSSR count). The van der Waals surface area contributed by atoms with Crippen LogP contribution in [-0.2, 0) is 33.9 Å². The maximum Gasteiger partial charge on any atom is 0.334 e. The molecule has 2 heterocycles. The second-order valence-electron chi connectivity index (χ2n) is 10.6. The quantitative estimate of drug-likeness (QED) is 0.370. The zero-order valence-corrected chi connectivity index (χ0v) is 23.7. The summed E-state index contributed by atoms with van der Waals surface area (Å²) in [7, 11) is 1.63. The fourth-order valence-corrected chi connectivity index (χ4v) is 5.37. The third kappa shape index (κ3) is 7.09. The molecule has 2 fully saturated rings. The molecule has 2 atom stereocenters. The second-order valence-corrected chi connectivity index (χ2v) is 10.6. The first-order valence-electron chi connectivity index (χ1n) is 13.9. The van der Waals surface area contributed by atoms with Gasteiger partial charge in [0.15, 0.2) is 0 Å². The van der Waals surface area contributed by atoms with Gasteiger partial charge < -0.3 is 25.0 Å². The van der Waals surface area contributed by atoms with Crippen LogP contribution in [-0.4, -0.2) is 88.3 Å². The minimum absolute atomic E-state index is 0.0604. The molecule has 0 aliphatic carbocycles. The van der Waals surface area contributed by atoms with Crippen molar-refractivity contribution in [2.75, 3.05) is 33.3 Å². The SMILES string of the molecule is CN1CC(=O)N2C(CN(CCOCc3ccc(F)cc3)C(=O)[C@@H]2Cc2ccc(O)cc2)N1C(=O)NCc1ccc(F)cc1. The van der Waals surface area contributed by atoms with Crippen molar-refractivity contribution < 1.29 is 33.0 Å². The summed E-state index contributed by atoms with van der Waals surface area (Å²) in [5.41, 5.74) is 2.22. The largest absolute Gasteiger partial charge is 0.508 e. The Balaban J connectivity index is 1.34. The summed E-state index contributed by atoms with van der Waals surface area (Å²) in [6, 6.07) is 16.8. The Morgan fingerprint density at radius 3 is 2.19 bits per heavy atom. The van der Waals surface area contributed by atoms with Gasteiger partial charge in [0.2, 0.25) is 11.8 Å². The number of phenolic OH excluding ortho intramolecular Hbond substituents is 1. The third-order valence-electron chi connectivity index (χ3n) is 7.56. The number of fused-ring (bicyclic) bond motifs is 1. The number of carbonyl (C=O) groups excluding carboxylic acids is 3. The molecule has 0 spiro atoms. The van der Waals surface area contributed by atoms with Crippen molar-refractivity contribution in [3.05, 3.63) is 101 Å². The molecule has 0 radical (unpaired) electrons. The molecule has 4 amide bonds. The number of hydrogen-bond donors (Lipinski definition) is 2. The molecule has 2 aliphatic rings. The number of phenols is 1. The van der Waals surface area contributed by atoms with Gasteiger partial charge in [-0.05, 0) is 53.1 Å². The second kappa shape index (κ2) is 13.2. The van der Waals surface area contributed by atoms with Gasteiger partial charge in [0.25, 0.3) is 0 Å². The lowest BCUT2D eigenvalue weighted by Crippen LogP contribution is -2.76. The fraction of sp³-hybridized carbons (Fsp3) is 0.323. The Morgan fingerprint density at radius 1 is 0.930 bits per heavy atom. The number of halogens is 2. The highest BCUT2D eigenvalue weighted by molar-refractivity contribution is 5.91. The van der Waals surface area contributed by atoms with Crippen LogP contribution in [0, 0.1) is 11.6 Å². The van der Waals surface area contributed by atoms with E-state index in [0.29, 0.717) is 5.56 Å². The van der Waals surface area contributed by atoms with Crippen LogP contribution in [0.2, 0.25) is 0 Å². The highest BCUT2D eigenvalue weighted by Crippen LogP contribution is 2.28. The molecular formula is C31H33F2N5O5. The van der Waals surface area contributed by atoms with Gasteiger partial charge in [-0.3, -0.25) is 9.59 Å². The number of aromatic hydroxyl groups is 1. The minimum atomic E-state index is -0.894. The number of urea groups is 1. The molecule has 3 aromatic carbocycles. The number of likely N-dealkylation sites (N-methyl/N-ethyl adjacent to an activating group) is 1. The van der Waals surface area contributed by atoms with Gasteiger partial charge in [0, 0.05) is 26.6 Å². The molecule has 226 valence electrons. The van der Waals surface area contributed by atoms with Crippen LogP contribution >= 0.6 is 0 Å². The van der Waals surface area contributed by atoms with E-state index in [0.717, 1.165) is 11.1 Å². The van der Waals surface area contributed by atoms with Crippen molar-refractivity contribution >= 4 is 17.8 Å². The van der Waals surface area contributed by atoms with E-state index in [1.807, 2.05) is 0 Å². The minimum Gasteiger partial charge on any atom is -0.508 e. The fourth-order valence-electron chi connectivity index (χ4n) is 5.37. The van der Waals surface area contributed by atoms with Crippen molar-refractivity contribution in [1.29, 1.82) is 0 Å². The zero-order valence-electron chi connectivity index (χ0n) is 23.7. The number of nitrogens with zero attached hydrogens (tertiary/aromatic N) is 4. The van der Waals surface area contributed by atoms with E-state index in [9.17, 15) is 28.3 Å². The van der Waals surface area contributed by atoms with E-state index in [1.165, 1.54) is 51.3 Å². The molecule has 2 aliphatic heterocycles.